The van der Waals surface area contributed by atoms with E-state index in [1.54, 1.807) is 23.7 Å². The van der Waals surface area contributed by atoms with Gasteiger partial charge in [0.1, 0.15) is 6.61 Å². The second-order valence-corrected chi connectivity index (χ2v) is 8.34. The van der Waals surface area contributed by atoms with E-state index in [9.17, 15) is 22.8 Å². The van der Waals surface area contributed by atoms with Gasteiger partial charge >= 0.3 is 18.3 Å². The van der Waals surface area contributed by atoms with Gasteiger partial charge in [-0.15, -0.1) is 0 Å². The molecule has 0 radical (unpaired) electrons. The molecular weight excluding hydrogens is 493 g/mol. The quantitative estimate of drug-likeness (QED) is 0.461. The summed E-state index contributed by atoms with van der Waals surface area (Å²) >= 11 is 0. The van der Waals surface area contributed by atoms with Crippen LogP contribution in [0.2, 0.25) is 0 Å². The van der Waals surface area contributed by atoms with Crippen LogP contribution < -0.4 is 10.1 Å². The van der Waals surface area contributed by atoms with Crippen LogP contribution in [0, 0.1) is 0 Å². The van der Waals surface area contributed by atoms with Crippen LogP contribution in [0.1, 0.15) is 12.5 Å². The molecule has 1 atom stereocenters. The number of carbonyl (C=O) groups is 2. The lowest BCUT2D eigenvalue weighted by Crippen LogP contribution is -2.53. The summed E-state index contributed by atoms with van der Waals surface area (Å²) in [7, 11) is 4.21. The number of carbonyl (C=O) groups excluding carboxylic acids is 2. The van der Waals surface area contributed by atoms with Gasteiger partial charge in [0.05, 0.1) is 12.8 Å². The molecule has 1 aromatic carbocycles. The molecule has 3 aromatic rings. The Morgan fingerprint density at radius 1 is 1.24 bits per heavy atom. The molecular formula is C24H29F3N6O4. The van der Waals surface area contributed by atoms with E-state index in [4.69, 9.17) is 4.74 Å². The van der Waals surface area contributed by atoms with Gasteiger partial charge in [-0.05, 0) is 25.0 Å². The number of halogens is 3. The van der Waals surface area contributed by atoms with Gasteiger partial charge in [-0.3, -0.25) is 0 Å². The summed E-state index contributed by atoms with van der Waals surface area (Å²) < 4.78 is 52.1. The first-order chi connectivity index (χ1) is 17.5. The van der Waals surface area contributed by atoms with Crippen molar-refractivity contribution in [2.75, 3.05) is 40.9 Å². The Labute approximate surface area is 212 Å². The number of hydrogen-bond acceptors (Lipinski definition) is 6. The number of amides is 3. The minimum Gasteiger partial charge on any atom is -0.478 e. The first kappa shape index (κ1) is 27.6. The van der Waals surface area contributed by atoms with Gasteiger partial charge in [0, 0.05) is 51.3 Å². The molecule has 2 heterocycles. The Balaban J connectivity index is 1.68. The number of hydrogen-bond donors (Lipinski definition) is 1. The maximum absolute atomic E-state index is 13.4. The first-order valence-corrected chi connectivity index (χ1v) is 11.5. The minimum atomic E-state index is -4.79. The van der Waals surface area contributed by atoms with Crippen molar-refractivity contribution in [3.63, 3.8) is 0 Å². The maximum Gasteiger partial charge on any atom is 0.412 e. The highest BCUT2D eigenvalue weighted by Crippen LogP contribution is 2.24. The van der Waals surface area contributed by atoms with Crippen molar-refractivity contribution in [3.8, 4) is 17.1 Å². The Bertz CT molecular complexity index is 1230. The fourth-order valence-corrected chi connectivity index (χ4v) is 3.47. The number of rotatable bonds is 9. The molecule has 3 rings (SSSR count). The zero-order valence-corrected chi connectivity index (χ0v) is 21.0. The Hall–Kier alpha value is -4.03. The van der Waals surface area contributed by atoms with Crippen LogP contribution >= 0.6 is 0 Å². The predicted molar refractivity (Wildman–Crippen MR) is 129 cm³/mol. The Morgan fingerprint density at radius 3 is 2.65 bits per heavy atom. The van der Waals surface area contributed by atoms with Gasteiger partial charge in [-0.1, -0.05) is 18.2 Å². The maximum atomic E-state index is 13.4. The Kier molecular flexibility index (Phi) is 8.79. The van der Waals surface area contributed by atoms with E-state index in [1.165, 1.54) is 26.1 Å². The lowest BCUT2D eigenvalue weighted by Gasteiger charge is -2.27. The normalized spacial score (nSPS) is 12.2. The molecule has 0 saturated heterocycles. The number of alkyl halides is 3. The molecule has 37 heavy (non-hydrogen) atoms. The van der Waals surface area contributed by atoms with Crippen LogP contribution in [0.5, 0.6) is 5.88 Å². The number of imidazole rings is 1. The predicted octanol–water partition coefficient (Wildman–Crippen LogP) is 3.61. The molecule has 0 bridgehead atoms. The average Bonchev–Trinajstić information content (AvgIpc) is 3.34. The molecule has 1 unspecified atom stereocenters. The number of urea groups is 1. The van der Waals surface area contributed by atoms with E-state index in [0.29, 0.717) is 23.6 Å². The van der Waals surface area contributed by atoms with Gasteiger partial charge in [-0.25, -0.2) is 19.6 Å². The van der Waals surface area contributed by atoms with Crippen molar-refractivity contribution >= 4 is 17.8 Å². The van der Waals surface area contributed by atoms with E-state index < -0.39 is 30.9 Å². The highest BCUT2D eigenvalue weighted by Gasteiger charge is 2.42. The van der Waals surface area contributed by atoms with E-state index >= 15 is 0 Å². The second-order valence-electron chi connectivity index (χ2n) is 8.34. The number of likely N-dealkylation sites (N-methyl/N-ethyl adjacent to an activating group) is 1. The zero-order chi connectivity index (χ0) is 27.2. The molecule has 0 aliphatic carbocycles. The summed E-state index contributed by atoms with van der Waals surface area (Å²) in [5.41, 5.74) is 2.90. The fraction of sp³-hybridized carbons (Fsp3) is 0.417. The molecule has 0 saturated carbocycles. The smallest absolute Gasteiger partial charge is 0.412 e. The third kappa shape index (κ3) is 7.02. The van der Waals surface area contributed by atoms with Gasteiger partial charge in [0.15, 0.2) is 11.7 Å². The number of aromatic nitrogens is 3. The summed E-state index contributed by atoms with van der Waals surface area (Å²) in [6, 6.07) is 4.24. The van der Waals surface area contributed by atoms with Gasteiger partial charge < -0.3 is 29.0 Å². The number of fused-ring (bicyclic) bond motifs is 1. The van der Waals surface area contributed by atoms with Crippen LogP contribution in [0.15, 0.2) is 42.9 Å². The molecule has 0 fully saturated rings. The summed E-state index contributed by atoms with van der Waals surface area (Å²) in [5.74, 6) is 0.372. The van der Waals surface area contributed by atoms with Crippen LogP contribution in [0.25, 0.3) is 16.9 Å². The molecule has 0 spiro atoms. The van der Waals surface area contributed by atoms with Crippen molar-refractivity contribution in [1.82, 2.24) is 29.5 Å². The zero-order valence-electron chi connectivity index (χ0n) is 21.0. The highest BCUT2D eigenvalue weighted by molar-refractivity contribution is 5.75. The van der Waals surface area contributed by atoms with Gasteiger partial charge in [0.25, 0.3) is 5.88 Å². The molecule has 0 aliphatic rings. The molecule has 0 aliphatic heterocycles. The topological polar surface area (TPSA) is 101 Å². The van der Waals surface area contributed by atoms with Crippen LogP contribution in [0.3, 0.4) is 0 Å². The van der Waals surface area contributed by atoms with Crippen molar-refractivity contribution in [1.29, 1.82) is 0 Å². The molecule has 200 valence electrons. The van der Waals surface area contributed by atoms with Crippen molar-refractivity contribution in [2.24, 2.45) is 0 Å². The minimum absolute atomic E-state index is 0.172. The van der Waals surface area contributed by atoms with E-state index in [0.717, 1.165) is 16.0 Å². The monoisotopic (exact) mass is 522 g/mol. The summed E-state index contributed by atoms with van der Waals surface area (Å²) in [6.07, 6.45) is -0.0995. The first-order valence-electron chi connectivity index (χ1n) is 11.5. The summed E-state index contributed by atoms with van der Waals surface area (Å²) in [4.78, 5) is 35.1. The number of methoxy groups -OCH3 is 1. The fourth-order valence-electron chi connectivity index (χ4n) is 3.47. The number of ether oxygens (including phenoxy) is 2. The van der Waals surface area contributed by atoms with E-state index in [-0.39, 0.29) is 13.1 Å². The number of nitrogens with zero attached hydrogens (tertiary/aromatic N) is 5. The third-order valence-corrected chi connectivity index (χ3v) is 5.53. The lowest BCUT2D eigenvalue weighted by atomic mass is 10.1. The number of benzene rings is 1. The van der Waals surface area contributed by atoms with Gasteiger partial charge in [0.2, 0.25) is 0 Å². The second kappa shape index (κ2) is 11.8. The summed E-state index contributed by atoms with van der Waals surface area (Å²) in [5, 5.41) is 1.94. The highest BCUT2D eigenvalue weighted by atomic mass is 19.4. The number of nitrogens with one attached hydrogen (secondary N) is 1. The molecule has 3 amide bonds. The van der Waals surface area contributed by atoms with Crippen molar-refractivity contribution in [2.45, 2.75) is 25.6 Å². The SMILES string of the molecule is CCN(CCc1cccc(-c2cn3ccnc3c(OC)n2)c1)C(=O)NC(COC(=O)N(C)C)C(F)(F)F. The van der Waals surface area contributed by atoms with Crippen molar-refractivity contribution < 1.29 is 32.2 Å². The largest absolute Gasteiger partial charge is 0.478 e. The molecule has 2 aromatic heterocycles. The van der Waals surface area contributed by atoms with Gasteiger partial charge in [-0.2, -0.15) is 13.2 Å². The average molecular weight is 523 g/mol. The standard InChI is InChI=1S/C24H29F3N6O4/c1-5-32(22(34)30-19(24(25,26)27)15-37-23(35)31(2)3)11-9-16-7-6-8-17(13-16)18-14-33-12-10-28-20(33)21(29-18)36-4/h6-8,10,12-14,19H,5,9,11,15H2,1-4H3,(H,30,34). The van der Waals surface area contributed by atoms with Crippen LogP contribution in [-0.4, -0.2) is 89.4 Å². The molecule has 13 heteroatoms. The van der Waals surface area contributed by atoms with Crippen LogP contribution in [0.4, 0.5) is 22.8 Å². The van der Waals surface area contributed by atoms with E-state index in [2.05, 4.69) is 14.7 Å². The molecule has 1 N–H and O–H groups in total. The van der Waals surface area contributed by atoms with Crippen LogP contribution in [-0.2, 0) is 11.2 Å². The summed E-state index contributed by atoms with van der Waals surface area (Å²) in [6.45, 7) is 1.000. The lowest BCUT2D eigenvalue weighted by molar-refractivity contribution is -0.161. The van der Waals surface area contributed by atoms with Crippen molar-refractivity contribution in [3.05, 3.63) is 48.4 Å². The third-order valence-electron chi connectivity index (χ3n) is 5.53. The Morgan fingerprint density at radius 2 is 2.00 bits per heavy atom. The van der Waals surface area contributed by atoms with E-state index in [1.807, 2.05) is 35.8 Å². The molecule has 10 nitrogen and oxygen atoms in total.